The van der Waals surface area contributed by atoms with E-state index in [2.05, 4.69) is 20.2 Å². The summed E-state index contributed by atoms with van der Waals surface area (Å²) < 4.78 is 0. The van der Waals surface area contributed by atoms with Crippen molar-refractivity contribution < 1.29 is 9.59 Å². The van der Waals surface area contributed by atoms with E-state index in [9.17, 15) is 9.59 Å². The Morgan fingerprint density at radius 3 is 2.42 bits per heavy atom. The molecule has 2 aromatic rings. The van der Waals surface area contributed by atoms with Crippen molar-refractivity contribution in [2.45, 2.75) is 0 Å². The highest BCUT2D eigenvalue weighted by molar-refractivity contribution is 6.41. The van der Waals surface area contributed by atoms with Crippen molar-refractivity contribution in [2.75, 3.05) is 36.4 Å². The third kappa shape index (κ3) is 3.62. The van der Waals surface area contributed by atoms with Gasteiger partial charge in [0.25, 0.3) is 0 Å². The summed E-state index contributed by atoms with van der Waals surface area (Å²) in [6.07, 6.45) is 3.24. The molecule has 8 heteroatoms. The van der Waals surface area contributed by atoms with Crippen molar-refractivity contribution in [3.05, 3.63) is 47.9 Å². The Morgan fingerprint density at radius 2 is 1.75 bits per heavy atom. The van der Waals surface area contributed by atoms with Crippen molar-refractivity contribution in [1.82, 2.24) is 14.9 Å². The lowest BCUT2D eigenvalue weighted by atomic mass is 10.3. The number of amides is 2. The van der Waals surface area contributed by atoms with Crippen LogP contribution in [0.25, 0.3) is 0 Å². The second-order valence-electron chi connectivity index (χ2n) is 5.26. The third-order valence-electron chi connectivity index (χ3n) is 3.74. The predicted octanol–water partition coefficient (Wildman–Crippen LogP) is 1.42. The smallest absolute Gasteiger partial charge is 0.313 e. The number of anilines is 2. The topological polar surface area (TPSA) is 78.4 Å². The van der Waals surface area contributed by atoms with Gasteiger partial charge < -0.3 is 15.1 Å². The number of rotatable bonds is 2. The molecule has 1 fully saturated rings. The molecule has 3 heterocycles. The highest BCUT2D eigenvalue weighted by atomic mass is 35.5. The highest BCUT2D eigenvalue weighted by Gasteiger charge is 2.26. The molecule has 0 radical (unpaired) electrons. The molecule has 0 aliphatic carbocycles. The first-order valence-corrected chi connectivity index (χ1v) is 7.89. The van der Waals surface area contributed by atoms with Crippen LogP contribution < -0.4 is 10.2 Å². The van der Waals surface area contributed by atoms with Crippen LogP contribution in [-0.4, -0.2) is 52.9 Å². The lowest BCUT2D eigenvalue weighted by Crippen LogP contribution is -2.51. The molecule has 124 valence electrons. The number of pyridine rings is 2. The van der Waals surface area contributed by atoms with E-state index in [1.807, 2.05) is 18.2 Å². The van der Waals surface area contributed by atoms with Gasteiger partial charge in [0.2, 0.25) is 0 Å². The van der Waals surface area contributed by atoms with E-state index in [1.165, 1.54) is 11.1 Å². The maximum absolute atomic E-state index is 12.3. The zero-order valence-electron chi connectivity index (χ0n) is 12.9. The SMILES string of the molecule is O=C(Nc1cccnc1Cl)C(=O)N1CCN(c2ccccn2)CC1. The monoisotopic (exact) mass is 345 g/mol. The van der Waals surface area contributed by atoms with Gasteiger partial charge in [0.1, 0.15) is 5.82 Å². The quantitative estimate of drug-likeness (QED) is 0.658. The first kappa shape index (κ1) is 16.2. The van der Waals surface area contributed by atoms with Gasteiger partial charge in [0.05, 0.1) is 5.69 Å². The fourth-order valence-corrected chi connectivity index (χ4v) is 2.64. The number of carbonyl (C=O) groups is 2. The molecule has 1 aliphatic rings. The molecule has 0 spiro atoms. The van der Waals surface area contributed by atoms with Gasteiger partial charge in [0, 0.05) is 38.6 Å². The van der Waals surface area contributed by atoms with Crippen molar-refractivity contribution >= 4 is 34.9 Å². The number of nitrogens with zero attached hydrogens (tertiary/aromatic N) is 4. The predicted molar refractivity (Wildman–Crippen MR) is 90.9 cm³/mol. The average Bonchev–Trinajstić information content (AvgIpc) is 2.64. The molecule has 1 aliphatic heterocycles. The Hall–Kier alpha value is -2.67. The number of nitrogens with one attached hydrogen (secondary N) is 1. The van der Waals surface area contributed by atoms with Crippen molar-refractivity contribution in [2.24, 2.45) is 0 Å². The average molecular weight is 346 g/mol. The summed E-state index contributed by atoms with van der Waals surface area (Å²) in [6, 6.07) is 8.94. The molecular weight excluding hydrogens is 330 g/mol. The number of halogens is 1. The molecule has 7 nitrogen and oxygen atoms in total. The standard InChI is InChI=1S/C16H16ClN5O2/c17-14-12(4-3-7-19-14)20-15(23)16(24)22-10-8-21(9-11-22)13-5-1-2-6-18-13/h1-7H,8-11H2,(H,20,23). The fraction of sp³-hybridized carbons (Fsp3) is 0.250. The van der Waals surface area contributed by atoms with Crippen LogP contribution in [0.1, 0.15) is 0 Å². The second-order valence-corrected chi connectivity index (χ2v) is 5.62. The van der Waals surface area contributed by atoms with Crippen LogP contribution in [0.5, 0.6) is 0 Å². The minimum absolute atomic E-state index is 0.152. The van der Waals surface area contributed by atoms with Crippen LogP contribution in [0.4, 0.5) is 11.5 Å². The van der Waals surface area contributed by atoms with Gasteiger partial charge in [-0.05, 0) is 24.3 Å². The zero-order valence-corrected chi connectivity index (χ0v) is 13.6. The molecule has 1 N–H and O–H groups in total. The van der Waals surface area contributed by atoms with Gasteiger partial charge in [0.15, 0.2) is 5.15 Å². The Balaban J connectivity index is 1.57. The molecule has 2 amide bonds. The van der Waals surface area contributed by atoms with Crippen molar-refractivity contribution in [1.29, 1.82) is 0 Å². The Labute approximate surface area is 144 Å². The lowest BCUT2D eigenvalue weighted by Gasteiger charge is -2.34. The molecule has 3 rings (SSSR count). The van der Waals surface area contributed by atoms with Crippen LogP contribution in [0.15, 0.2) is 42.7 Å². The van der Waals surface area contributed by atoms with Crippen LogP contribution in [0.3, 0.4) is 0 Å². The van der Waals surface area contributed by atoms with E-state index in [0.29, 0.717) is 31.9 Å². The Morgan fingerprint density at radius 1 is 1.00 bits per heavy atom. The van der Waals surface area contributed by atoms with E-state index in [0.717, 1.165) is 5.82 Å². The van der Waals surface area contributed by atoms with Crippen molar-refractivity contribution in [3.8, 4) is 0 Å². The van der Waals surface area contributed by atoms with Gasteiger partial charge >= 0.3 is 11.8 Å². The minimum atomic E-state index is -0.712. The molecular formula is C16H16ClN5O2. The molecule has 0 saturated carbocycles. The van der Waals surface area contributed by atoms with E-state index < -0.39 is 11.8 Å². The van der Waals surface area contributed by atoms with E-state index >= 15 is 0 Å². The first-order valence-electron chi connectivity index (χ1n) is 7.52. The first-order chi connectivity index (χ1) is 11.6. The molecule has 0 atom stereocenters. The summed E-state index contributed by atoms with van der Waals surface area (Å²) in [5.41, 5.74) is 0.324. The van der Waals surface area contributed by atoms with E-state index in [4.69, 9.17) is 11.6 Å². The summed E-state index contributed by atoms with van der Waals surface area (Å²) >= 11 is 5.88. The van der Waals surface area contributed by atoms with Crippen molar-refractivity contribution in [3.63, 3.8) is 0 Å². The van der Waals surface area contributed by atoms with E-state index in [1.54, 1.807) is 18.3 Å². The molecule has 24 heavy (non-hydrogen) atoms. The maximum atomic E-state index is 12.3. The van der Waals surface area contributed by atoms with Gasteiger partial charge in [-0.2, -0.15) is 0 Å². The van der Waals surface area contributed by atoms with E-state index in [-0.39, 0.29) is 5.15 Å². The summed E-state index contributed by atoms with van der Waals surface area (Å²) in [4.78, 5) is 36.1. The minimum Gasteiger partial charge on any atom is -0.353 e. The number of carbonyl (C=O) groups excluding carboxylic acids is 2. The molecule has 0 bridgehead atoms. The normalized spacial score (nSPS) is 14.4. The van der Waals surface area contributed by atoms with Gasteiger partial charge in [-0.3, -0.25) is 9.59 Å². The molecule has 0 aromatic carbocycles. The zero-order chi connectivity index (χ0) is 16.9. The lowest BCUT2D eigenvalue weighted by molar-refractivity contribution is -0.143. The van der Waals surface area contributed by atoms with Crippen LogP contribution >= 0.6 is 11.6 Å². The van der Waals surface area contributed by atoms with Gasteiger partial charge in [-0.25, -0.2) is 9.97 Å². The highest BCUT2D eigenvalue weighted by Crippen LogP contribution is 2.18. The Kier molecular flexibility index (Phi) is 4.90. The summed E-state index contributed by atoms with van der Waals surface area (Å²) in [7, 11) is 0. The van der Waals surface area contributed by atoms with Gasteiger partial charge in [-0.1, -0.05) is 17.7 Å². The maximum Gasteiger partial charge on any atom is 0.313 e. The summed E-state index contributed by atoms with van der Waals surface area (Å²) in [6.45, 7) is 2.18. The molecule has 0 unspecified atom stereocenters. The van der Waals surface area contributed by atoms with Crippen LogP contribution in [-0.2, 0) is 9.59 Å². The van der Waals surface area contributed by atoms with Crippen LogP contribution in [0, 0.1) is 0 Å². The number of piperazine rings is 1. The number of aromatic nitrogens is 2. The summed E-state index contributed by atoms with van der Waals surface area (Å²) in [5.74, 6) is -0.414. The third-order valence-corrected chi connectivity index (χ3v) is 4.04. The Bertz CT molecular complexity index is 732. The second kappa shape index (κ2) is 7.27. The number of hydrogen-bond acceptors (Lipinski definition) is 5. The largest absolute Gasteiger partial charge is 0.353 e. The number of hydrogen-bond donors (Lipinski definition) is 1. The molecule has 2 aromatic heterocycles. The fourth-order valence-electron chi connectivity index (χ4n) is 2.48. The van der Waals surface area contributed by atoms with Gasteiger partial charge in [-0.15, -0.1) is 0 Å². The van der Waals surface area contributed by atoms with Crippen LogP contribution in [0.2, 0.25) is 5.15 Å². The summed E-state index contributed by atoms with van der Waals surface area (Å²) in [5, 5.41) is 2.65. The molecule has 1 saturated heterocycles.